The van der Waals surface area contributed by atoms with E-state index in [-0.39, 0.29) is 0 Å². The molecule has 4 aromatic rings. The first kappa shape index (κ1) is 20.4. The van der Waals surface area contributed by atoms with Crippen LogP contribution < -0.4 is 14.8 Å². The topological polar surface area (TPSA) is 51.6 Å². The summed E-state index contributed by atoms with van der Waals surface area (Å²) in [7, 11) is 0. The maximum Gasteiger partial charge on any atom is 0.231 e. The highest BCUT2D eigenvalue weighted by molar-refractivity contribution is 6.31. The fourth-order valence-corrected chi connectivity index (χ4v) is 4.86. The summed E-state index contributed by atoms with van der Waals surface area (Å²) in [5, 5.41) is 10.4. The molecule has 1 fully saturated rings. The Labute approximate surface area is 197 Å². The monoisotopic (exact) mass is 460 g/mol. The molecule has 0 atom stereocenters. The van der Waals surface area contributed by atoms with Crippen LogP contribution in [0.5, 0.6) is 11.5 Å². The third-order valence-electron chi connectivity index (χ3n) is 6.41. The van der Waals surface area contributed by atoms with E-state index in [4.69, 9.17) is 26.2 Å². The number of nitrogens with zero attached hydrogens (tertiary/aromatic N) is 3. The van der Waals surface area contributed by atoms with Gasteiger partial charge >= 0.3 is 0 Å². The molecule has 0 saturated carbocycles. The molecule has 1 N–H and O–H groups in total. The molecule has 2 aliphatic heterocycles. The number of rotatable bonds is 5. The molecule has 168 valence electrons. The average molecular weight is 461 g/mol. The maximum atomic E-state index is 6.33. The molecule has 2 aliphatic rings. The minimum Gasteiger partial charge on any atom is -0.454 e. The van der Waals surface area contributed by atoms with Crippen molar-refractivity contribution < 1.29 is 9.47 Å². The van der Waals surface area contributed by atoms with E-state index in [1.165, 1.54) is 5.56 Å². The lowest BCUT2D eigenvalue weighted by atomic mass is 10.0. The number of nitrogens with one attached hydrogen (secondary N) is 1. The lowest BCUT2D eigenvalue weighted by molar-refractivity contribution is 0.173. The summed E-state index contributed by atoms with van der Waals surface area (Å²) in [6.45, 7) is 3.30. The Morgan fingerprint density at radius 2 is 1.76 bits per heavy atom. The molecule has 0 amide bonds. The number of fused-ring (bicyclic) bond motifs is 2. The summed E-state index contributed by atoms with van der Waals surface area (Å²) in [5.74, 6) is 2.58. The zero-order valence-electron chi connectivity index (χ0n) is 18.2. The van der Waals surface area contributed by atoms with Crippen molar-refractivity contribution in [2.75, 3.05) is 25.2 Å². The van der Waals surface area contributed by atoms with Crippen LogP contribution >= 0.6 is 11.6 Å². The van der Waals surface area contributed by atoms with E-state index in [1.807, 2.05) is 47.1 Å². The Morgan fingerprint density at radius 1 is 0.939 bits per heavy atom. The number of likely N-dealkylation sites (tertiary alicyclic amines) is 1. The minimum absolute atomic E-state index is 0.315. The first-order valence-corrected chi connectivity index (χ1v) is 11.7. The van der Waals surface area contributed by atoms with Gasteiger partial charge in [-0.2, -0.15) is 0 Å². The van der Waals surface area contributed by atoms with Gasteiger partial charge in [-0.25, -0.2) is 4.68 Å². The van der Waals surface area contributed by atoms with E-state index in [0.29, 0.717) is 12.8 Å². The van der Waals surface area contributed by atoms with E-state index in [9.17, 15) is 0 Å². The van der Waals surface area contributed by atoms with Crippen LogP contribution in [-0.4, -0.2) is 40.6 Å². The first-order chi connectivity index (χ1) is 16.2. The Kier molecular flexibility index (Phi) is 5.32. The van der Waals surface area contributed by atoms with E-state index >= 15 is 0 Å². The van der Waals surface area contributed by atoms with Crippen molar-refractivity contribution in [1.29, 1.82) is 0 Å². The van der Waals surface area contributed by atoms with Crippen LogP contribution in [0, 0.1) is 0 Å². The number of hydrogen-bond donors (Lipinski definition) is 1. The SMILES string of the molecule is Clc1ccc2c(c1)c(NC1CCN(Cc3ccc4c(c3)OCO4)CC1)nn2-c1ccccc1. The van der Waals surface area contributed by atoms with Crippen molar-refractivity contribution in [2.24, 2.45) is 0 Å². The van der Waals surface area contributed by atoms with Crippen molar-refractivity contribution >= 4 is 28.3 Å². The molecular weight excluding hydrogens is 436 g/mol. The molecule has 1 saturated heterocycles. The third kappa shape index (κ3) is 4.12. The number of hydrogen-bond acceptors (Lipinski definition) is 5. The summed E-state index contributed by atoms with van der Waals surface area (Å²) in [6.07, 6.45) is 2.12. The van der Waals surface area contributed by atoms with E-state index in [0.717, 1.165) is 71.4 Å². The zero-order valence-corrected chi connectivity index (χ0v) is 19.0. The molecule has 0 radical (unpaired) electrons. The molecule has 0 unspecified atom stereocenters. The number of anilines is 1. The minimum atomic E-state index is 0.315. The maximum absolute atomic E-state index is 6.33. The summed E-state index contributed by atoms with van der Waals surface area (Å²) in [4.78, 5) is 2.49. The number of halogens is 1. The lowest BCUT2D eigenvalue weighted by Crippen LogP contribution is -2.38. The number of piperidine rings is 1. The second-order valence-corrected chi connectivity index (χ2v) is 9.08. The fraction of sp³-hybridized carbons (Fsp3) is 0.269. The normalized spacial score (nSPS) is 16.4. The van der Waals surface area contributed by atoms with Crippen LogP contribution in [0.2, 0.25) is 5.02 Å². The van der Waals surface area contributed by atoms with Crippen LogP contribution in [0.25, 0.3) is 16.6 Å². The van der Waals surface area contributed by atoms with Gasteiger partial charge in [-0.3, -0.25) is 4.90 Å². The van der Waals surface area contributed by atoms with Crippen LogP contribution in [0.3, 0.4) is 0 Å². The van der Waals surface area contributed by atoms with Crippen LogP contribution in [0.1, 0.15) is 18.4 Å². The molecule has 6 rings (SSSR count). The number of benzene rings is 3. The van der Waals surface area contributed by atoms with Gasteiger partial charge in [0.2, 0.25) is 6.79 Å². The van der Waals surface area contributed by atoms with Crippen molar-refractivity contribution in [3.63, 3.8) is 0 Å². The van der Waals surface area contributed by atoms with Crippen LogP contribution in [0.4, 0.5) is 5.82 Å². The molecular formula is C26H25ClN4O2. The Bertz CT molecular complexity index is 1280. The van der Waals surface area contributed by atoms with Crippen molar-refractivity contribution in [2.45, 2.75) is 25.4 Å². The zero-order chi connectivity index (χ0) is 22.2. The van der Waals surface area contributed by atoms with E-state index in [1.54, 1.807) is 0 Å². The standard InChI is InChI=1S/C26H25ClN4O2/c27-19-7-8-23-22(15-19)26(29-31(23)21-4-2-1-3-5-21)28-20-10-12-30(13-11-20)16-18-6-9-24-25(14-18)33-17-32-24/h1-9,14-15,20H,10-13,16-17H2,(H,28,29). The smallest absolute Gasteiger partial charge is 0.231 e. The first-order valence-electron chi connectivity index (χ1n) is 11.3. The average Bonchev–Trinajstić information content (AvgIpc) is 3.45. The molecule has 0 spiro atoms. The van der Waals surface area contributed by atoms with Crippen LogP contribution in [0.15, 0.2) is 66.7 Å². The Hall–Kier alpha value is -3.22. The van der Waals surface area contributed by atoms with Gasteiger partial charge < -0.3 is 14.8 Å². The van der Waals surface area contributed by atoms with Gasteiger partial charge in [0.15, 0.2) is 17.3 Å². The largest absolute Gasteiger partial charge is 0.454 e. The second-order valence-electron chi connectivity index (χ2n) is 8.64. The van der Waals surface area contributed by atoms with Gasteiger partial charge in [0, 0.05) is 36.1 Å². The third-order valence-corrected chi connectivity index (χ3v) is 6.65. The molecule has 0 bridgehead atoms. The second kappa shape index (κ2) is 8.61. The van der Waals surface area contributed by atoms with Crippen LogP contribution in [-0.2, 0) is 6.54 Å². The highest BCUT2D eigenvalue weighted by Crippen LogP contribution is 2.33. The highest BCUT2D eigenvalue weighted by Gasteiger charge is 2.22. The van der Waals surface area contributed by atoms with Crippen molar-refractivity contribution in [3.05, 3.63) is 77.3 Å². The summed E-state index contributed by atoms with van der Waals surface area (Å²) in [5.41, 5.74) is 3.35. The van der Waals surface area contributed by atoms with Gasteiger partial charge in [0.1, 0.15) is 0 Å². The van der Waals surface area contributed by atoms with Gasteiger partial charge in [-0.1, -0.05) is 35.9 Å². The molecule has 7 heteroatoms. The van der Waals surface area contributed by atoms with E-state index < -0.39 is 0 Å². The van der Waals surface area contributed by atoms with Gasteiger partial charge in [0.25, 0.3) is 0 Å². The van der Waals surface area contributed by atoms with Gasteiger partial charge in [-0.05, 0) is 60.9 Å². The number of para-hydroxylation sites is 1. The van der Waals surface area contributed by atoms with E-state index in [2.05, 4.69) is 34.5 Å². The number of ether oxygens (including phenoxy) is 2. The molecule has 3 heterocycles. The molecule has 6 nitrogen and oxygen atoms in total. The predicted octanol–water partition coefficient (Wildman–Crippen LogP) is 5.48. The quantitative estimate of drug-likeness (QED) is 0.427. The fourth-order valence-electron chi connectivity index (χ4n) is 4.69. The van der Waals surface area contributed by atoms with Gasteiger partial charge in [0.05, 0.1) is 11.2 Å². The van der Waals surface area contributed by atoms with Crippen molar-refractivity contribution in [1.82, 2.24) is 14.7 Å². The molecule has 33 heavy (non-hydrogen) atoms. The Morgan fingerprint density at radius 3 is 2.61 bits per heavy atom. The lowest BCUT2D eigenvalue weighted by Gasteiger charge is -2.32. The summed E-state index contributed by atoms with van der Waals surface area (Å²) >= 11 is 6.33. The summed E-state index contributed by atoms with van der Waals surface area (Å²) in [6, 6.07) is 22.8. The Balaban J connectivity index is 1.16. The van der Waals surface area contributed by atoms with Gasteiger partial charge in [-0.15, -0.1) is 5.10 Å². The summed E-state index contributed by atoms with van der Waals surface area (Å²) < 4.78 is 12.9. The number of aromatic nitrogens is 2. The highest BCUT2D eigenvalue weighted by atomic mass is 35.5. The molecule has 0 aliphatic carbocycles. The van der Waals surface area contributed by atoms with Crippen molar-refractivity contribution in [3.8, 4) is 17.2 Å². The molecule has 3 aromatic carbocycles. The predicted molar refractivity (Wildman–Crippen MR) is 131 cm³/mol. The molecule has 1 aromatic heterocycles.